The Morgan fingerprint density at radius 3 is 2.62 bits per heavy atom. The number of hydrogen-bond acceptors (Lipinski definition) is 4. The lowest BCUT2D eigenvalue weighted by atomic mass is 10.1. The zero-order chi connectivity index (χ0) is 15.4. The molecule has 4 nitrogen and oxygen atoms in total. The summed E-state index contributed by atoms with van der Waals surface area (Å²) in [5.74, 6) is 0.333. The van der Waals surface area contributed by atoms with Crippen molar-refractivity contribution in [3.05, 3.63) is 29.1 Å². The molecule has 0 spiro atoms. The van der Waals surface area contributed by atoms with Crippen LogP contribution in [-0.4, -0.2) is 22.3 Å². The molecule has 0 saturated heterocycles. The molecule has 2 aromatic rings. The monoisotopic (exact) mass is 344 g/mol. The van der Waals surface area contributed by atoms with Gasteiger partial charge in [0.25, 0.3) is 5.91 Å². The van der Waals surface area contributed by atoms with Crippen molar-refractivity contribution in [1.82, 2.24) is 4.98 Å². The van der Waals surface area contributed by atoms with Gasteiger partial charge in [0.1, 0.15) is 5.75 Å². The molecule has 1 amide bonds. The molecule has 0 fully saturated rings. The van der Waals surface area contributed by atoms with Crippen molar-refractivity contribution in [3.8, 4) is 17.0 Å². The number of alkyl halides is 2. The van der Waals surface area contributed by atoms with Crippen molar-refractivity contribution in [2.75, 3.05) is 11.9 Å². The molecule has 0 bridgehead atoms. The van der Waals surface area contributed by atoms with Crippen LogP contribution in [0.2, 0.25) is 0 Å². The molecular weight excluding hydrogens is 331 g/mol. The number of amides is 1. The fourth-order valence-electron chi connectivity index (χ4n) is 1.75. The Labute approximate surface area is 137 Å². The molecule has 1 aromatic carbocycles. The number of hydrogen-bond donors (Lipinski definition) is 1. The van der Waals surface area contributed by atoms with Crippen LogP contribution in [0.25, 0.3) is 11.3 Å². The van der Waals surface area contributed by atoms with Crippen LogP contribution in [0.1, 0.15) is 11.8 Å². The fraction of sp³-hybridized carbons (Fsp3) is 0.286. The van der Waals surface area contributed by atoms with Crippen LogP contribution < -0.4 is 10.1 Å². The highest BCUT2D eigenvalue weighted by molar-refractivity contribution is 7.16. The summed E-state index contributed by atoms with van der Waals surface area (Å²) in [4.78, 5) is 15.8. The lowest BCUT2D eigenvalue weighted by Crippen LogP contribution is -2.18. The van der Waals surface area contributed by atoms with E-state index in [2.05, 4.69) is 10.3 Å². The largest absolute Gasteiger partial charge is 0.494 e. The summed E-state index contributed by atoms with van der Waals surface area (Å²) in [5, 5.41) is 3.06. The standard InChI is InChI=1S/C14H14Cl2N2O2S/c1-3-20-10-6-4-9(5-7-10)11-8(2)21-14(17-11)18-13(19)12(15)16/h4-7,12H,3H2,1-2H3,(H,17,18,19). The first-order valence-electron chi connectivity index (χ1n) is 6.31. The average Bonchev–Trinajstić information content (AvgIpc) is 2.80. The molecule has 1 heterocycles. The van der Waals surface area contributed by atoms with Gasteiger partial charge in [0.15, 0.2) is 9.97 Å². The van der Waals surface area contributed by atoms with Crippen molar-refractivity contribution < 1.29 is 9.53 Å². The Balaban J connectivity index is 2.20. The maximum Gasteiger partial charge on any atom is 0.259 e. The number of aryl methyl sites for hydroxylation is 1. The second-order valence-electron chi connectivity index (χ2n) is 4.17. The molecule has 0 aliphatic carbocycles. The number of halogens is 2. The van der Waals surface area contributed by atoms with Crippen molar-refractivity contribution in [3.63, 3.8) is 0 Å². The maximum absolute atomic E-state index is 11.5. The van der Waals surface area contributed by atoms with Gasteiger partial charge in [-0.05, 0) is 38.1 Å². The fourth-order valence-corrected chi connectivity index (χ4v) is 2.70. The number of thiazole rings is 1. The van der Waals surface area contributed by atoms with Crippen LogP contribution in [0.4, 0.5) is 5.13 Å². The van der Waals surface area contributed by atoms with E-state index in [0.29, 0.717) is 11.7 Å². The highest BCUT2D eigenvalue weighted by atomic mass is 35.5. The minimum atomic E-state index is -1.11. The zero-order valence-corrected chi connectivity index (χ0v) is 13.9. The van der Waals surface area contributed by atoms with Crippen LogP contribution in [0.5, 0.6) is 5.75 Å². The Kier molecular flexibility index (Phi) is 5.45. The summed E-state index contributed by atoms with van der Waals surface area (Å²) in [5.41, 5.74) is 1.78. The lowest BCUT2D eigenvalue weighted by molar-refractivity contribution is -0.114. The molecule has 1 aromatic heterocycles. The molecule has 112 valence electrons. The summed E-state index contributed by atoms with van der Waals surface area (Å²) in [6.07, 6.45) is 0. The predicted molar refractivity (Wildman–Crippen MR) is 87.6 cm³/mol. The third-order valence-electron chi connectivity index (χ3n) is 2.66. The van der Waals surface area contributed by atoms with Crippen LogP contribution in [0, 0.1) is 6.92 Å². The number of ether oxygens (including phenoxy) is 1. The first-order chi connectivity index (χ1) is 10.0. The number of aromatic nitrogens is 1. The number of carbonyl (C=O) groups is 1. The number of benzene rings is 1. The van der Waals surface area contributed by atoms with E-state index in [1.165, 1.54) is 11.3 Å². The van der Waals surface area contributed by atoms with Crippen LogP contribution in [0.15, 0.2) is 24.3 Å². The molecule has 0 radical (unpaired) electrons. The number of anilines is 1. The Morgan fingerprint density at radius 1 is 1.38 bits per heavy atom. The summed E-state index contributed by atoms with van der Waals surface area (Å²) < 4.78 is 5.41. The van der Waals surface area contributed by atoms with Crippen molar-refractivity contribution in [2.24, 2.45) is 0 Å². The normalized spacial score (nSPS) is 10.7. The summed E-state index contributed by atoms with van der Waals surface area (Å²) >= 11 is 12.4. The lowest BCUT2D eigenvalue weighted by Gasteiger charge is -2.04. The van der Waals surface area contributed by atoms with E-state index in [4.69, 9.17) is 27.9 Å². The Morgan fingerprint density at radius 2 is 2.05 bits per heavy atom. The first-order valence-corrected chi connectivity index (χ1v) is 8.00. The number of nitrogens with zero attached hydrogens (tertiary/aromatic N) is 1. The second-order valence-corrected chi connectivity index (χ2v) is 6.47. The van der Waals surface area contributed by atoms with E-state index < -0.39 is 10.7 Å². The van der Waals surface area contributed by atoms with E-state index in [-0.39, 0.29) is 0 Å². The van der Waals surface area contributed by atoms with Gasteiger partial charge in [-0.25, -0.2) is 4.98 Å². The van der Waals surface area contributed by atoms with Gasteiger partial charge in [0.2, 0.25) is 0 Å². The average molecular weight is 345 g/mol. The predicted octanol–water partition coefficient (Wildman–Crippen LogP) is 4.26. The molecule has 7 heteroatoms. The number of nitrogens with one attached hydrogen (secondary N) is 1. The van der Waals surface area contributed by atoms with Gasteiger partial charge in [-0.2, -0.15) is 0 Å². The van der Waals surface area contributed by atoms with Crippen LogP contribution in [-0.2, 0) is 4.79 Å². The quantitative estimate of drug-likeness (QED) is 0.824. The molecule has 2 rings (SSSR count). The third kappa shape index (κ3) is 4.09. The zero-order valence-electron chi connectivity index (χ0n) is 11.5. The Hall–Kier alpha value is -1.30. The van der Waals surface area contributed by atoms with Gasteiger partial charge in [0, 0.05) is 10.4 Å². The van der Waals surface area contributed by atoms with E-state index in [1.807, 2.05) is 38.1 Å². The topological polar surface area (TPSA) is 51.2 Å². The summed E-state index contributed by atoms with van der Waals surface area (Å²) in [7, 11) is 0. The molecule has 0 aliphatic rings. The van der Waals surface area contributed by atoms with Gasteiger partial charge in [0.05, 0.1) is 12.3 Å². The van der Waals surface area contributed by atoms with Crippen molar-refractivity contribution in [2.45, 2.75) is 18.7 Å². The smallest absolute Gasteiger partial charge is 0.259 e. The van der Waals surface area contributed by atoms with Crippen molar-refractivity contribution in [1.29, 1.82) is 0 Å². The van der Waals surface area contributed by atoms with Gasteiger partial charge in [-0.1, -0.05) is 23.2 Å². The van der Waals surface area contributed by atoms with E-state index in [0.717, 1.165) is 21.9 Å². The van der Waals surface area contributed by atoms with Gasteiger partial charge in [-0.3, -0.25) is 10.1 Å². The third-order valence-corrected chi connectivity index (χ3v) is 3.95. The molecule has 21 heavy (non-hydrogen) atoms. The number of rotatable bonds is 5. The van der Waals surface area contributed by atoms with Gasteiger partial charge in [-0.15, -0.1) is 11.3 Å². The minimum absolute atomic E-state index is 0.479. The van der Waals surface area contributed by atoms with Crippen LogP contribution >= 0.6 is 34.5 Å². The molecule has 0 atom stereocenters. The van der Waals surface area contributed by atoms with E-state index in [1.54, 1.807) is 0 Å². The van der Waals surface area contributed by atoms with E-state index in [9.17, 15) is 4.79 Å². The Bertz CT molecular complexity index is 626. The maximum atomic E-state index is 11.5. The molecule has 1 N–H and O–H groups in total. The molecular formula is C14H14Cl2N2O2S. The highest BCUT2D eigenvalue weighted by Gasteiger charge is 2.16. The van der Waals surface area contributed by atoms with Crippen LogP contribution in [0.3, 0.4) is 0 Å². The molecule has 0 unspecified atom stereocenters. The molecule has 0 saturated carbocycles. The van der Waals surface area contributed by atoms with Gasteiger partial charge < -0.3 is 4.74 Å². The highest BCUT2D eigenvalue weighted by Crippen LogP contribution is 2.31. The van der Waals surface area contributed by atoms with Gasteiger partial charge >= 0.3 is 0 Å². The summed E-state index contributed by atoms with van der Waals surface area (Å²) in [6.45, 7) is 4.51. The van der Waals surface area contributed by atoms with Crippen molar-refractivity contribution >= 4 is 45.6 Å². The SMILES string of the molecule is CCOc1ccc(-c2nc(NC(=O)C(Cl)Cl)sc2C)cc1. The first kappa shape index (κ1) is 16.1. The second kappa shape index (κ2) is 7.11. The number of carbonyl (C=O) groups excluding carboxylic acids is 1. The van der Waals surface area contributed by atoms with E-state index >= 15 is 0 Å². The summed E-state index contributed by atoms with van der Waals surface area (Å²) in [6, 6.07) is 7.65. The minimum Gasteiger partial charge on any atom is -0.494 e. The molecule has 0 aliphatic heterocycles.